The number of ether oxygens (including phenoxy) is 5. The Balaban J connectivity index is -0.000000439. The van der Waals surface area contributed by atoms with Crippen molar-refractivity contribution >= 4 is 30.4 Å². The predicted octanol–water partition coefficient (Wildman–Crippen LogP) is 1.30. The Kier molecular flexibility index (Phi) is 26.1. The van der Waals surface area contributed by atoms with E-state index < -0.39 is 17.1 Å². The van der Waals surface area contributed by atoms with Crippen molar-refractivity contribution < 1.29 is 36.9 Å². The molecule has 0 bridgehead atoms. The van der Waals surface area contributed by atoms with Gasteiger partial charge in [0.25, 0.3) is 0 Å². The third-order valence-corrected chi connectivity index (χ3v) is 1.95. The van der Waals surface area contributed by atoms with Gasteiger partial charge in [-0.1, -0.05) is 0 Å². The van der Waals surface area contributed by atoms with Gasteiger partial charge in [0.05, 0.1) is 52.9 Å². The molecule has 0 aromatic rings. The van der Waals surface area contributed by atoms with Crippen molar-refractivity contribution in [1.29, 1.82) is 4.78 Å². The molecule has 6 nitrogen and oxygen atoms in total. The standard InChI is InChI=1S/C10H22O5.CHF3NS.Li/c1-11-3-5-13-7-9-15-10-8-14-6-4-12-2;2-1(3,4)6-5;/h3-10H2,1-2H3;5H;/q;+1;. The van der Waals surface area contributed by atoms with E-state index in [0.29, 0.717) is 52.9 Å². The molecule has 11 heteroatoms. The zero-order valence-electron chi connectivity index (χ0n) is 13.2. The molecule has 0 heterocycles. The summed E-state index contributed by atoms with van der Waals surface area (Å²) in [6.45, 7) is 4.87. The third-order valence-electron chi connectivity index (χ3n) is 1.72. The van der Waals surface area contributed by atoms with E-state index in [9.17, 15) is 13.2 Å². The van der Waals surface area contributed by atoms with Gasteiger partial charge in [0.2, 0.25) is 0 Å². The zero-order chi connectivity index (χ0) is 16.4. The van der Waals surface area contributed by atoms with E-state index in [2.05, 4.69) is 0 Å². The average molecular weight is 345 g/mol. The average Bonchev–Trinajstić information content (AvgIpc) is 2.45. The molecule has 0 aliphatic heterocycles. The number of rotatable bonds is 12. The van der Waals surface area contributed by atoms with Gasteiger partial charge in [0, 0.05) is 33.1 Å². The molecule has 0 fully saturated rings. The third kappa shape index (κ3) is 32.2. The number of hydrogen-bond acceptors (Lipinski definition) is 6. The fraction of sp³-hybridized carbons (Fsp3) is 1.00. The van der Waals surface area contributed by atoms with Crippen LogP contribution in [0.2, 0.25) is 0 Å². The van der Waals surface area contributed by atoms with E-state index in [1.54, 1.807) is 14.2 Å². The second-order valence-corrected chi connectivity index (χ2v) is 4.04. The number of alkyl halides is 3. The van der Waals surface area contributed by atoms with E-state index in [1.165, 1.54) is 0 Å². The maximum absolute atomic E-state index is 10.6. The molecule has 0 aliphatic rings. The first-order chi connectivity index (χ1) is 9.97. The monoisotopic (exact) mass is 345 g/mol. The molecule has 0 saturated carbocycles. The molecule has 0 unspecified atom stereocenters. The normalized spacial score (nSPS) is 10.4. The van der Waals surface area contributed by atoms with Crippen LogP contribution in [0.5, 0.6) is 0 Å². The SMILES string of the molecule is COCCOCCOCCOCCOC.N=[S+]C(F)(F)F.[Li]. The Morgan fingerprint density at radius 2 is 0.955 bits per heavy atom. The van der Waals surface area contributed by atoms with Gasteiger partial charge < -0.3 is 23.7 Å². The molecule has 0 saturated heterocycles. The first kappa shape index (κ1) is 27.1. The fourth-order valence-corrected chi connectivity index (χ4v) is 0.826. The molecule has 0 aromatic carbocycles. The molecule has 0 spiro atoms. The van der Waals surface area contributed by atoms with Gasteiger partial charge in [-0.2, -0.15) is 0 Å². The Morgan fingerprint density at radius 3 is 1.14 bits per heavy atom. The molecular weight excluding hydrogens is 322 g/mol. The Hall–Kier alpha value is 0.207. The summed E-state index contributed by atoms with van der Waals surface area (Å²) in [5.41, 5.74) is -4.38. The van der Waals surface area contributed by atoms with Crippen molar-refractivity contribution in [2.24, 2.45) is 0 Å². The van der Waals surface area contributed by atoms with Crippen LogP contribution in [0.25, 0.3) is 0 Å². The van der Waals surface area contributed by atoms with Gasteiger partial charge >= 0.3 is 17.1 Å². The molecule has 0 aliphatic carbocycles. The Labute approximate surface area is 145 Å². The molecule has 0 amide bonds. The molecule has 0 aromatic heterocycles. The van der Waals surface area contributed by atoms with Crippen molar-refractivity contribution in [2.75, 3.05) is 67.1 Å². The Bertz CT molecular complexity index is 216. The van der Waals surface area contributed by atoms with Crippen LogP contribution in [-0.2, 0) is 35.2 Å². The summed E-state index contributed by atoms with van der Waals surface area (Å²) in [7, 11) is 3.30. The summed E-state index contributed by atoms with van der Waals surface area (Å²) in [5.74, 6) is 0. The van der Waals surface area contributed by atoms with Gasteiger partial charge in [-0.15, -0.1) is 13.2 Å². The first-order valence-corrected chi connectivity index (χ1v) is 6.92. The van der Waals surface area contributed by atoms with Crippen molar-refractivity contribution in [1.82, 2.24) is 0 Å². The molecule has 0 atom stereocenters. The quantitative estimate of drug-likeness (QED) is 0.328. The minimum Gasteiger partial charge on any atom is -0.382 e. The molecular formula is C11H23F3LiNO5S+. The summed E-state index contributed by atoms with van der Waals surface area (Å²) in [4.78, 5) is 0. The largest absolute Gasteiger partial charge is 0.673 e. The van der Waals surface area contributed by atoms with Crippen molar-refractivity contribution in [3.05, 3.63) is 0 Å². The van der Waals surface area contributed by atoms with E-state index in [1.807, 2.05) is 0 Å². The molecule has 129 valence electrons. The van der Waals surface area contributed by atoms with Gasteiger partial charge in [0.15, 0.2) is 0 Å². The van der Waals surface area contributed by atoms with Gasteiger partial charge in [0.1, 0.15) is 0 Å². The fourth-order valence-electron chi connectivity index (χ4n) is 0.826. The molecule has 0 rings (SSSR count). The predicted molar refractivity (Wildman–Crippen MR) is 78.1 cm³/mol. The van der Waals surface area contributed by atoms with Crippen molar-refractivity contribution in [3.8, 4) is 0 Å². The summed E-state index contributed by atoms with van der Waals surface area (Å²) >= 11 is -0.868. The molecule has 22 heavy (non-hydrogen) atoms. The maximum Gasteiger partial charge on any atom is 0.673 e. The second kappa shape index (κ2) is 21.2. The van der Waals surface area contributed by atoms with Crippen LogP contribution in [0.3, 0.4) is 0 Å². The zero-order valence-corrected chi connectivity index (χ0v) is 14.1. The van der Waals surface area contributed by atoms with Crippen LogP contribution >= 0.6 is 0 Å². The molecule has 1 radical (unpaired) electrons. The van der Waals surface area contributed by atoms with Gasteiger partial charge in [-0.05, 0) is 4.78 Å². The van der Waals surface area contributed by atoms with Crippen molar-refractivity contribution in [3.63, 3.8) is 0 Å². The summed E-state index contributed by atoms with van der Waals surface area (Å²) in [6.07, 6.45) is 0. The van der Waals surface area contributed by atoms with E-state index in [0.717, 1.165) is 0 Å². The minimum absolute atomic E-state index is 0. The number of halogens is 3. The number of methoxy groups -OCH3 is 2. The number of hydrogen-bond donors (Lipinski definition) is 1. The van der Waals surface area contributed by atoms with E-state index in [-0.39, 0.29) is 18.9 Å². The second-order valence-electron chi connectivity index (χ2n) is 3.37. The maximum atomic E-state index is 10.6. The number of nitrogens with one attached hydrogen (secondary N) is 1. The van der Waals surface area contributed by atoms with Crippen LogP contribution in [0.15, 0.2) is 0 Å². The Morgan fingerprint density at radius 1 is 0.727 bits per heavy atom. The van der Waals surface area contributed by atoms with E-state index >= 15 is 0 Å². The van der Waals surface area contributed by atoms with Crippen molar-refractivity contribution in [2.45, 2.75) is 5.51 Å². The van der Waals surface area contributed by atoms with Crippen LogP contribution in [-0.4, -0.2) is 91.4 Å². The van der Waals surface area contributed by atoms with E-state index in [4.69, 9.17) is 28.5 Å². The van der Waals surface area contributed by atoms with Gasteiger partial charge in [-0.3, -0.25) is 0 Å². The minimum atomic E-state index is -4.38. The first-order valence-electron chi connectivity index (χ1n) is 6.10. The van der Waals surface area contributed by atoms with Crippen LogP contribution < -0.4 is 0 Å². The summed E-state index contributed by atoms with van der Waals surface area (Å²) in [6, 6.07) is 0. The molecule has 1 N–H and O–H groups in total. The summed E-state index contributed by atoms with van der Waals surface area (Å²) in [5, 5.41) is 0. The smallest absolute Gasteiger partial charge is 0.382 e. The van der Waals surface area contributed by atoms with Crippen LogP contribution in [0.4, 0.5) is 13.2 Å². The summed E-state index contributed by atoms with van der Waals surface area (Å²) < 4.78 is 62.7. The van der Waals surface area contributed by atoms with Crippen LogP contribution in [0, 0.1) is 4.78 Å². The van der Waals surface area contributed by atoms with Crippen LogP contribution in [0.1, 0.15) is 0 Å². The van der Waals surface area contributed by atoms with Gasteiger partial charge in [-0.25, -0.2) is 0 Å². The topological polar surface area (TPSA) is 70.0 Å².